The summed E-state index contributed by atoms with van der Waals surface area (Å²) in [5.41, 5.74) is 0. The molecule has 0 bridgehead atoms. The SMILES string of the molecule is CC1NCC(C(=O)O)NC1=O. The van der Waals surface area contributed by atoms with Crippen LogP contribution in [0.15, 0.2) is 0 Å². The fourth-order valence-electron chi connectivity index (χ4n) is 0.884. The van der Waals surface area contributed by atoms with Crippen LogP contribution in [0.2, 0.25) is 0 Å². The minimum absolute atomic E-state index is 0.261. The lowest BCUT2D eigenvalue weighted by atomic mass is 10.2. The number of rotatable bonds is 1. The van der Waals surface area contributed by atoms with Gasteiger partial charge in [-0.3, -0.25) is 4.79 Å². The summed E-state index contributed by atoms with van der Waals surface area (Å²) in [7, 11) is 0. The van der Waals surface area contributed by atoms with Gasteiger partial charge in [-0.15, -0.1) is 0 Å². The Labute approximate surface area is 63.8 Å². The lowest BCUT2D eigenvalue weighted by Gasteiger charge is -2.25. The van der Waals surface area contributed by atoms with Crippen molar-refractivity contribution in [3.05, 3.63) is 0 Å². The number of nitrogens with one attached hydrogen (secondary N) is 2. The molecule has 0 aromatic heterocycles. The van der Waals surface area contributed by atoms with Gasteiger partial charge in [-0.1, -0.05) is 0 Å². The van der Waals surface area contributed by atoms with Crippen LogP contribution in [-0.2, 0) is 9.59 Å². The largest absolute Gasteiger partial charge is 0.480 e. The molecule has 0 aromatic carbocycles. The quantitative estimate of drug-likeness (QED) is 0.436. The second kappa shape index (κ2) is 2.87. The Bertz CT molecular complexity index is 192. The van der Waals surface area contributed by atoms with E-state index in [0.717, 1.165) is 0 Å². The van der Waals surface area contributed by atoms with Gasteiger partial charge in [0, 0.05) is 6.54 Å². The monoisotopic (exact) mass is 158 g/mol. The highest BCUT2D eigenvalue weighted by Gasteiger charge is 2.27. The highest BCUT2D eigenvalue weighted by Crippen LogP contribution is 1.93. The minimum Gasteiger partial charge on any atom is -0.480 e. The predicted octanol–water partition coefficient (Wildman–Crippen LogP) is -1.45. The molecule has 11 heavy (non-hydrogen) atoms. The zero-order chi connectivity index (χ0) is 8.43. The molecule has 2 atom stereocenters. The van der Waals surface area contributed by atoms with E-state index in [2.05, 4.69) is 10.6 Å². The van der Waals surface area contributed by atoms with Crippen LogP contribution in [0.3, 0.4) is 0 Å². The van der Waals surface area contributed by atoms with Crippen molar-refractivity contribution in [2.24, 2.45) is 0 Å². The van der Waals surface area contributed by atoms with Crippen LogP contribution in [0.5, 0.6) is 0 Å². The van der Waals surface area contributed by atoms with Gasteiger partial charge in [0.15, 0.2) is 0 Å². The van der Waals surface area contributed by atoms with E-state index in [4.69, 9.17) is 5.11 Å². The van der Waals surface area contributed by atoms with Gasteiger partial charge in [-0.2, -0.15) is 0 Å². The van der Waals surface area contributed by atoms with E-state index in [9.17, 15) is 9.59 Å². The molecule has 5 nitrogen and oxygen atoms in total. The van der Waals surface area contributed by atoms with E-state index >= 15 is 0 Å². The third kappa shape index (κ3) is 1.68. The van der Waals surface area contributed by atoms with Gasteiger partial charge >= 0.3 is 5.97 Å². The molecule has 62 valence electrons. The number of aliphatic carboxylic acids is 1. The topological polar surface area (TPSA) is 78.4 Å². The smallest absolute Gasteiger partial charge is 0.327 e. The zero-order valence-electron chi connectivity index (χ0n) is 6.13. The molecule has 1 amide bonds. The van der Waals surface area contributed by atoms with Gasteiger partial charge in [-0.05, 0) is 6.92 Å². The van der Waals surface area contributed by atoms with Crippen LogP contribution >= 0.6 is 0 Å². The Morgan fingerprint density at radius 2 is 2.36 bits per heavy atom. The van der Waals surface area contributed by atoms with Crippen LogP contribution in [0, 0.1) is 0 Å². The fraction of sp³-hybridized carbons (Fsp3) is 0.667. The molecule has 1 saturated heterocycles. The van der Waals surface area contributed by atoms with Crippen molar-refractivity contribution in [2.45, 2.75) is 19.0 Å². The number of hydrogen-bond acceptors (Lipinski definition) is 3. The van der Waals surface area contributed by atoms with Crippen molar-refractivity contribution in [2.75, 3.05) is 6.54 Å². The van der Waals surface area contributed by atoms with E-state index in [0.29, 0.717) is 6.54 Å². The predicted molar refractivity (Wildman–Crippen MR) is 37.0 cm³/mol. The third-order valence-electron chi connectivity index (χ3n) is 1.64. The first-order valence-electron chi connectivity index (χ1n) is 3.38. The van der Waals surface area contributed by atoms with Gasteiger partial charge in [0.1, 0.15) is 6.04 Å². The lowest BCUT2D eigenvalue weighted by molar-refractivity contribution is -0.143. The average molecular weight is 158 g/mol. The van der Waals surface area contributed by atoms with E-state index in [1.54, 1.807) is 6.92 Å². The molecule has 1 fully saturated rings. The molecule has 1 rings (SSSR count). The van der Waals surface area contributed by atoms with Crippen LogP contribution in [-0.4, -0.2) is 35.6 Å². The van der Waals surface area contributed by atoms with E-state index in [1.807, 2.05) is 0 Å². The average Bonchev–Trinajstić information content (AvgIpc) is 1.94. The molecular formula is C6H10N2O3. The molecule has 5 heteroatoms. The van der Waals surface area contributed by atoms with E-state index in [-0.39, 0.29) is 11.9 Å². The van der Waals surface area contributed by atoms with Crippen molar-refractivity contribution in [3.8, 4) is 0 Å². The molecule has 1 heterocycles. The molecule has 1 aliphatic heterocycles. The van der Waals surface area contributed by atoms with Crippen molar-refractivity contribution in [1.82, 2.24) is 10.6 Å². The Morgan fingerprint density at radius 1 is 1.73 bits per heavy atom. The highest BCUT2D eigenvalue weighted by molar-refractivity contribution is 5.88. The number of hydrogen-bond donors (Lipinski definition) is 3. The minimum atomic E-state index is -1.00. The standard InChI is InChI=1S/C6H10N2O3/c1-3-5(9)8-4(2-7-3)6(10)11/h3-4,7H,2H2,1H3,(H,8,9)(H,10,11). The summed E-state index contributed by atoms with van der Waals surface area (Å²) in [5, 5.41) is 13.6. The maximum atomic E-state index is 10.9. The summed E-state index contributed by atoms with van der Waals surface area (Å²) in [4.78, 5) is 21.2. The third-order valence-corrected chi connectivity index (χ3v) is 1.64. The molecule has 3 N–H and O–H groups in total. The van der Waals surface area contributed by atoms with Crippen molar-refractivity contribution < 1.29 is 14.7 Å². The lowest BCUT2D eigenvalue weighted by Crippen LogP contribution is -2.59. The summed E-state index contributed by atoms with van der Waals surface area (Å²) < 4.78 is 0. The summed E-state index contributed by atoms with van der Waals surface area (Å²) in [6.07, 6.45) is 0. The molecule has 0 aliphatic carbocycles. The summed E-state index contributed by atoms with van der Waals surface area (Å²) in [6, 6.07) is -1.07. The summed E-state index contributed by atoms with van der Waals surface area (Å²) in [5.74, 6) is -1.26. The first kappa shape index (κ1) is 8.00. The molecule has 2 unspecified atom stereocenters. The number of carbonyl (C=O) groups excluding carboxylic acids is 1. The van der Waals surface area contributed by atoms with Crippen LogP contribution < -0.4 is 10.6 Å². The van der Waals surface area contributed by atoms with Crippen molar-refractivity contribution in [3.63, 3.8) is 0 Å². The van der Waals surface area contributed by atoms with Crippen molar-refractivity contribution in [1.29, 1.82) is 0 Å². The van der Waals surface area contributed by atoms with Crippen LogP contribution in [0.4, 0.5) is 0 Å². The van der Waals surface area contributed by atoms with Gasteiger partial charge in [0.2, 0.25) is 5.91 Å². The molecule has 1 aliphatic rings. The summed E-state index contributed by atoms with van der Waals surface area (Å²) >= 11 is 0. The normalized spacial score (nSPS) is 31.2. The van der Waals surface area contributed by atoms with Crippen LogP contribution in [0.1, 0.15) is 6.92 Å². The molecule has 0 radical (unpaired) electrons. The maximum Gasteiger partial charge on any atom is 0.327 e. The van der Waals surface area contributed by atoms with Gasteiger partial charge in [0.05, 0.1) is 6.04 Å². The first-order valence-corrected chi connectivity index (χ1v) is 3.38. The van der Waals surface area contributed by atoms with E-state index < -0.39 is 12.0 Å². The number of carboxylic acids is 1. The van der Waals surface area contributed by atoms with Gasteiger partial charge in [0.25, 0.3) is 0 Å². The highest BCUT2D eigenvalue weighted by atomic mass is 16.4. The maximum absolute atomic E-state index is 10.9. The molecule has 0 saturated carbocycles. The van der Waals surface area contributed by atoms with Crippen molar-refractivity contribution >= 4 is 11.9 Å². The van der Waals surface area contributed by atoms with E-state index in [1.165, 1.54) is 0 Å². The fourth-order valence-corrected chi connectivity index (χ4v) is 0.884. The number of carbonyl (C=O) groups is 2. The molecule has 0 aromatic rings. The number of piperazine rings is 1. The second-order valence-electron chi connectivity index (χ2n) is 2.53. The second-order valence-corrected chi connectivity index (χ2v) is 2.53. The summed E-state index contributed by atoms with van der Waals surface area (Å²) in [6.45, 7) is 1.98. The Hall–Kier alpha value is -1.10. The Balaban J connectivity index is 2.53. The molecular weight excluding hydrogens is 148 g/mol. The van der Waals surface area contributed by atoms with Gasteiger partial charge < -0.3 is 15.7 Å². The van der Waals surface area contributed by atoms with Gasteiger partial charge in [-0.25, -0.2) is 4.79 Å². The first-order chi connectivity index (χ1) is 5.11. The zero-order valence-corrected chi connectivity index (χ0v) is 6.13. The number of amides is 1. The van der Waals surface area contributed by atoms with Crippen LogP contribution in [0.25, 0.3) is 0 Å². The Kier molecular flexibility index (Phi) is 2.09. The number of carboxylic acid groups (broad SMARTS) is 1. The molecule has 0 spiro atoms. The Morgan fingerprint density at radius 3 is 2.82 bits per heavy atom.